The van der Waals surface area contributed by atoms with Gasteiger partial charge in [-0.25, -0.2) is 4.79 Å². The van der Waals surface area contributed by atoms with Gasteiger partial charge in [-0.05, 0) is 24.1 Å². The van der Waals surface area contributed by atoms with Crippen LogP contribution in [0, 0.1) is 0 Å². The lowest BCUT2D eigenvalue weighted by atomic mass is 9.99. The van der Waals surface area contributed by atoms with Crippen LogP contribution in [0.4, 0.5) is 10.5 Å². The summed E-state index contributed by atoms with van der Waals surface area (Å²) in [6.07, 6.45) is 0.741. The number of carbonyl (C=O) groups excluding carboxylic acids is 2. The number of carbonyl (C=O) groups is 2. The number of nitrogens with zero attached hydrogens (tertiary/aromatic N) is 2. The summed E-state index contributed by atoms with van der Waals surface area (Å²) in [5.41, 5.74) is 3.39. The average molecular weight is 370 g/mol. The average Bonchev–Trinajstić information content (AvgIpc) is 3.02. The number of likely N-dealkylation sites (N-methyl/N-ethyl adjacent to an activating group) is 1. The van der Waals surface area contributed by atoms with Gasteiger partial charge in [-0.15, -0.1) is 0 Å². The number of ketones is 1. The molecule has 1 unspecified atom stereocenters. The minimum Gasteiger partial charge on any atom is -0.325 e. The normalized spacial score (nSPS) is 16.5. The van der Waals surface area contributed by atoms with Gasteiger partial charge in [0.15, 0.2) is 5.78 Å². The van der Waals surface area contributed by atoms with Crippen LogP contribution in [0.3, 0.4) is 0 Å². The van der Waals surface area contributed by atoms with Gasteiger partial charge in [0, 0.05) is 30.4 Å². The van der Waals surface area contributed by atoms with Crippen LogP contribution in [0.25, 0.3) is 0 Å². The van der Waals surface area contributed by atoms with Gasteiger partial charge in [0.05, 0.1) is 6.04 Å². The standard InChI is InChI=1S/C24H22N2O2/c1-25-17-22(26(24(25)28)21-10-6-3-7-11-21)16-18-12-14-20(15-13-18)23(27)19-8-4-2-5-9-19/h2-15,22H,16-17H2,1H3. The fourth-order valence-electron chi connectivity index (χ4n) is 3.70. The Kier molecular flexibility index (Phi) is 4.94. The third-order valence-corrected chi connectivity index (χ3v) is 5.14. The number of anilines is 1. The molecule has 0 N–H and O–H groups in total. The molecule has 1 fully saturated rings. The van der Waals surface area contributed by atoms with Gasteiger partial charge in [-0.1, -0.05) is 72.8 Å². The summed E-state index contributed by atoms with van der Waals surface area (Å²) >= 11 is 0. The number of para-hydroxylation sites is 1. The summed E-state index contributed by atoms with van der Waals surface area (Å²) in [6.45, 7) is 0.679. The third kappa shape index (κ3) is 3.54. The Labute approximate surface area is 165 Å². The topological polar surface area (TPSA) is 40.6 Å². The molecule has 0 aliphatic carbocycles. The summed E-state index contributed by atoms with van der Waals surface area (Å²) < 4.78 is 0. The van der Waals surface area contributed by atoms with Crippen LogP contribution < -0.4 is 4.90 Å². The van der Waals surface area contributed by atoms with E-state index in [4.69, 9.17) is 0 Å². The number of amides is 2. The fourth-order valence-corrected chi connectivity index (χ4v) is 3.70. The fraction of sp³-hybridized carbons (Fsp3) is 0.167. The summed E-state index contributed by atoms with van der Waals surface area (Å²) in [6, 6.07) is 26.9. The first-order valence-electron chi connectivity index (χ1n) is 9.41. The Hall–Kier alpha value is -3.40. The van der Waals surface area contributed by atoms with E-state index in [1.54, 1.807) is 4.90 Å². The molecule has 140 valence electrons. The number of benzene rings is 3. The predicted molar refractivity (Wildman–Crippen MR) is 111 cm³/mol. The number of rotatable bonds is 5. The van der Waals surface area contributed by atoms with Gasteiger partial charge < -0.3 is 4.90 Å². The lowest BCUT2D eigenvalue weighted by Crippen LogP contribution is -2.35. The Morgan fingerprint density at radius 1 is 0.857 bits per heavy atom. The van der Waals surface area contributed by atoms with Gasteiger partial charge in [0.2, 0.25) is 0 Å². The molecule has 4 nitrogen and oxygen atoms in total. The quantitative estimate of drug-likeness (QED) is 0.625. The van der Waals surface area contributed by atoms with Crippen LogP contribution in [0.1, 0.15) is 21.5 Å². The maximum atomic E-state index is 12.6. The third-order valence-electron chi connectivity index (χ3n) is 5.14. The van der Waals surface area contributed by atoms with Crippen molar-refractivity contribution in [1.29, 1.82) is 0 Å². The molecule has 3 aromatic rings. The van der Waals surface area contributed by atoms with Crippen LogP contribution in [0.15, 0.2) is 84.9 Å². The van der Waals surface area contributed by atoms with Crippen LogP contribution >= 0.6 is 0 Å². The number of hydrogen-bond acceptors (Lipinski definition) is 2. The van der Waals surface area contributed by atoms with Crippen LogP contribution in [-0.2, 0) is 6.42 Å². The maximum Gasteiger partial charge on any atom is 0.324 e. The molecule has 0 bridgehead atoms. The first-order chi connectivity index (χ1) is 13.6. The molecule has 4 rings (SSSR count). The smallest absolute Gasteiger partial charge is 0.324 e. The molecule has 0 aromatic heterocycles. The van der Waals surface area contributed by atoms with Crippen molar-refractivity contribution >= 4 is 17.5 Å². The molecule has 1 atom stereocenters. The minimum absolute atomic E-state index is 0.0204. The Bertz CT molecular complexity index is 969. The summed E-state index contributed by atoms with van der Waals surface area (Å²) in [4.78, 5) is 28.8. The SMILES string of the molecule is CN1CC(Cc2ccc(C(=O)c3ccccc3)cc2)N(c2ccccc2)C1=O. The van der Waals surface area contributed by atoms with Crippen molar-refractivity contribution in [3.05, 3.63) is 102 Å². The highest BCUT2D eigenvalue weighted by molar-refractivity contribution is 6.08. The molecule has 2 amide bonds. The van der Waals surface area contributed by atoms with Crippen LogP contribution in [0.5, 0.6) is 0 Å². The molecule has 3 aromatic carbocycles. The van der Waals surface area contributed by atoms with E-state index < -0.39 is 0 Å². The van der Waals surface area contributed by atoms with Crippen molar-refractivity contribution in [2.75, 3.05) is 18.5 Å². The summed E-state index contributed by atoms with van der Waals surface area (Å²) in [5, 5.41) is 0. The number of urea groups is 1. The van der Waals surface area contributed by atoms with Crippen molar-refractivity contribution in [1.82, 2.24) is 4.90 Å². The van der Waals surface area contributed by atoms with E-state index in [1.165, 1.54) is 0 Å². The molecular formula is C24H22N2O2. The largest absolute Gasteiger partial charge is 0.325 e. The van der Waals surface area contributed by atoms with Gasteiger partial charge in [0.25, 0.3) is 0 Å². The molecule has 4 heteroatoms. The van der Waals surface area contributed by atoms with Gasteiger partial charge in [-0.3, -0.25) is 9.69 Å². The first kappa shape index (κ1) is 18.0. The van der Waals surface area contributed by atoms with E-state index in [-0.39, 0.29) is 17.9 Å². The van der Waals surface area contributed by atoms with E-state index in [0.717, 1.165) is 17.7 Å². The lowest BCUT2D eigenvalue weighted by Gasteiger charge is -2.23. The molecule has 0 spiro atoms. The Morgan fingerprint density at radius 3 is 2.07 bits per heavy atom. The van der Waals surface area contributed by atoms with Crippen LogP contribution in [-0.4, -0.2) is 36.3 Å². The van der Waals surface area contributed by atoms with Gasteiger partial charge in [-0.2, -0.15) is 0 Å². The molecular weight excluding hydrogens is 348 g/mol. The van der Waals surface area contributed by atoms with Gasteiger partial charge in [0.1, 0.15) is 0 Å². The zero-order valence-electron chi connectivity index (χ0n) is 15.8. The molecule has 0 saturated carbocycles. The summed E-state index contributed by atoms with van der Waals surface area (Å²) in [5.74, 6) is 0.0221. The lowest BCUT2D eigenvalue weighted by molar-refractivity contribution is 0.103. The van der Waals surface area contributed by atoms with Crippen molar-refractivity contribution in [2.45, 2.75) is 12.5 Å². The van der Waals surface area contributed by atoms with E-state index >= 15 is 0 Å². The molecule has 1 saturated heterocycles. The van der Waals surface area contributed by atoms with Gasteiger partial charge >= 0.3 is 6.03 Å². The Balaban J connectivity index is 1.52. The molecule has 28 heavy (non-hydrogen) atoms. The zero-order valence-corrected chi connectivity index (χ0v) is 15.8. The van der Waals surface area contributed by atoms with Crippen LogP contribution in [0.2, 0.25) is 0 Å². The molecule has 0 radical (unpaired) electrons. The Morgan fingerprint density at radius 2 is 1.43 bits per heavy atom. The maximum absolute atomic E-state index is 12.6. The monoisotopic (exact) mass is 370 g/mol. The highest BCUT2D eigenvalue weighted by Gasteiger charge is 2.36. The second-order valence-corrected chi connectivity index (χ2v) is 7.12. The van der Waals surface area contributed by atoms with Crippen molar-refractivity contribution in [3.8, 4) is 0 Å². The van der Waals surface area contributed by atoms with E-state index in [2.05, 4.69) is 0 Å². The number of hydrogen-bond donors (Lipinski definition) is 0. The zero-order chi connectivity index (χ0) is 19.5. The van der Waals surface area contributed by atoms with Crippen molar-refractivity contribution in [3.63, 3.8) is 0 Å². The van der Waals surface area contributed by atoms with Crippen molar-refractivity contribution in [2.24, 2.45) is 0 Å². The van der Waals surface area contributed by atoms with E-state index in [0.29, 0.717) is 17.7 Å². The highest BCUT2D eigenvalue weighted by Crippen LogP contribution is 2.26. The summed E-state index contributed by atoms with van der Waals surface area (Å²) in [7, 11) is 1.83. The second-order valence-electron chi connectivity index (χ2n) is 7.12. The molecule has 1 aliphatic rings. The second kappa shape index (κ2) is 7.69. The van der Waals surface area contributed by atoms with E-state index in [9.17, 15) is 9.59 Å². The molecule has 1 heterocycles. The predicted octanol–water partition coefficient (Wildman–Crippen LogP) is 4.40. The van der Waals surface area contributed by atoms with E-state index in [1.807, 2.05) is 96.9 Å². The minimum atomic E-state index is 0.0204. The first-order valence-corrected chi connectivity index (χ1v) is 9.41. The highest BCUT2D eigenvalue weighted by atomic mass is 16.2. The van der Waals surface area contributed by atoms with Crippen molar-refractivity contribution < 1.29 is 9.59 Å². The molecule has 1 aliphatic heterocycles.